The zero-order valence-corrected chi connectivity index (χ0v) is 16.1. The van der Waals surface area contributed by atoms with Gasteiger partial charge in [0.2, 0.25) is 11.7 Å². The minimum atomic E-state index is -0.507. The van der Waals surface area contributed by atoms with Crippen LogP contribution in [-0.2, 0) is 27.3 Å². The average Bonchev–Trinajstić information content (AvgIpc) is 2.94. The molecule has 0 bridgehead atoms. The fraction of sp³-hybridized carbons (Fsp3) is 0.381. The van der Waals surface area contributed by atoms with Gasteiger partial charge in [0.05, 0.1) is 12.8 Å². The van der Waals surface area contributed by atoms with Crippen molar-refractivity contribution in [3.05, 3.63) is 58.9 Å². The number of carbonyl (C=O) groups is 3. The van der Waals surface area contributed by atoms with Crippen LogP contribution in [0, 0.1) is 13.8 Å². The van der Waals surface area contributed by atoms with Crippen LogP contribution in [-0.4, -0.2) is 35.4 Å². The molecule has 1 N–H and O–H groups in total. The second-order valence-corrected chi connectivity index (χ2v) is 6.38. The maximum absolute atomic E-state index is 12.3. The number of nitrogens with zero attached hydrogens (tertiary/aromatic N) is 1. The normalized spacial score (nSPS) is 10.5. The molecule has 144 valence electrons. The van der Waals surface area contributed by atoms with Crippen LogP contribution in [0.2, 0.25) is 0 Å². The summed E-state index contributed by atoms with van der Waals surface area (Å²) in [6.45, 7) is 6.52. The Morgan fingerprint density at radius 1 is 1.11 bits per heavy atom. The first-order valence-electron chi connectivity index (χ1n) is 9.08. The summed E-state index contributed by atoms with van der Waals surface area (Å²) in [6, 6.07) is 11.2. The summed E-state index contributed by atoms with van der Waals surface area (Å²) in [5, 5.41) is 2.68. The van der Waals surface area contributed by atoms with E-state index in [0.717, 1.165) is 23.5 Å². The number of nitrogens with one attached hydrogen (secondary N) is 1. The first-order valence-corrected chi connectivity index (χ1v) is 9.08. The highest BCUT2D eigenvalue weighted by Crippen LogP contribution is 2.15. The van der Waals surface area contributed by atoms with E-state index in [-0.39, 0.29) is 37.7 Å². The van der Waals surface area contributed by atoms with E-state index in [4.69, 9.17) is 4.74 Å². The van der Waals surface area contributed by atoms with Crippen molar-refractivity contribution in [3.8, 4) is 0 Å². The second kappa shape index (κ2) is 9.71. The van der Waals surface area contributed by atoms with E-state index in [1.54, 1.807) is 0 Å². The monoisotopic (exact) mass is 370 g/mol. The predicted octanol–water partition coefficient (Wildman–Crippen LogP) is 2.60. The van der Waals surface area contributed by atoms with E-state index < -0.39 is 5.97 Å². The molecule has 0 saturated carbocycles. The number of amides is 1. The third-order valence-electron chi connectivity index (χ3n) is 4.41. The molecule has 6 heteroatoms. The molecule has 1 aromatic carbocycles. The van der Waals surface area contributed by atoms with Crippen molar-refractivity contribution in [2.24, 2.45) is 0 Å². The molecule has 0 saturated heterocycles. The summed E-state index contributed by atoms with van der Waals surface area (Å²) in [5.74, 6) is -0.881. The van der Waals surface area contributed by atoms with E-state index in [2.05, 4.69) is 5.32 Å². The van der Waals surface area contributed by atoms with Crippen molar-refractivity contribution in [1.82, 2.24) is 9.88 Å². The number of benzene rings is 1. The van der Waals surface area contributed by atoms with Gasteiger partial charge in [0.1, 0.15) is 0 Å². The Kier molecular flexibility index (Phi) is 7.34. The molecule has 1 aromatic heterocycles. The van der Waals surface area contributed by atoms with Gasteiger partial charge < -0.3 is 14.6 Å². The van der Waals surface area contributed by atoms with Crippen molar-refractivity contribution in [3.63, 3.8) is 0 Å². The molecule has 0 aliphatic rings. The summed E-state index contributed by atoms with van der Waals surface area (Å²) in [7, 11) is 0. The van der Waals surface area contributed by atoms with Crippen LogP contribution >= 0.6 is 0 Å². The lowest BCUT2D eigenvalue weighted by molar-refractivity contribution is -0.142. The van der Waals surface area contributed by atoms with Gasteiger partial charge >= 0.3 is 5.97 Å². The largest absolute Gasteiger partial charge is 0.457 e. The Labute approximate surface area is 159 Å². The Bertz CT molecular complexity index is 809. The van der Waals surface area contributed by atoms with Gasteiger partial charge in [-0.1, -0.05) is 30.3 Å². The van der Waals surface area contributed by atoms with Crippen molar-refractivity contribution in [2.45, 2.75) is 40.2 Å². The van der Waals surface area contributed by atoms with Crippen LogP contribution in [0.4, 0.5) is 0 Å². The Morgan fingerprint density at radius 3 is 2.44 bits per heavy atom. The van der Waals surface area contributed by atoms with E-state index in [9.17, 15) is 14.4 Å². The molecule has 0 fully saturated rings. The third-order valence-corrected chi connectivity index (χ3v) is 4.41. The molecule has 0 spiro atoms. The van der Waals surface area contributed by atoms with Gasteiger partial charge in [-0.15, -0.1) is 0 Å². The van der Waals surface area contributed by atoms with E-state index in [0.29, 0.717) is 5.56 Å². The highest BCUT2D eigenvalue weighted by atomic mass is 16.5. The lowest BCUT2D eigenvalue weighted by Gasteiger charge is -2.07. The smallest absolute Gasteiger partial charge is 0.308 e. The molecular formula is C21H26N2O4. The number of aromatic nitrogens is 1. The highest BCUT2D eigenvalue weighted by molar-refractivity contribution is 5.99. The Balaban J connectivity index is 1.71. The molecule has 0 atom stereocenters. The minimum absolute atomic E-state index is 0.0296. The van der Waals surface area contributed by atoms with E-state index >= 15 is 0 Å². The quantitative estimate of drug-likeness (QED) is 0.544. The summed E-state index contributed by atoms with van der Waals surface area (Å²) < 4.78 is 7.09. The molecule has 0 aliphatic carbocycles. The Morgan fingerprint density at radius 2 is 1.81 bits per heavy atom. The van der Waals surface area contributed by atoms with Gasteiger partial charge in [0.25, 0.3) is 0 Å². The summed E-state index contributed by atoms with van der Waals surface area (Å²) in [4.78, 5) is 35.9. The number of hydrogen-bond donors (Lipinski definition) is 1. The fourth-order valence-corrected chi connectivity index (χ4v) is 3.01. The molecule has 0 unspecified atom stereocenters. The lowest BCUT2D eigenvalue weighted by Crippen LogP contribution is -2.28. The average molecular weight is 370 g/mol. The molecule has 2 aromatic rings. The van der Waals surface area contributed by atoms with E-state index in [1.807, 2.05) is 61.7 Å². The number of esters is 1. The molecule has 0 aliphatic heterocycles. The first-order chi connectivity index (χ1) is 12.9. The number of ether oxygens (including phenoxy) is 1. The molecule has 1 amide bonds. The van der Waals surface area contributed by atoms with Gasteiger partial charge in [-0.05, 0) is 32.4 Å². The summed E-state index contributed by atoms with van der Waals surface area (Å²) >= 11 is 0. The number of hydrogen-bond acceptors (Lipinski definition) is 4. The van der Waals surface area contributed by atoms with Crippen LogP contribution in [0.3, 0.4) is 0 Å². The fourth-order valence-electron chi connectivity index (χ4n) is 3.01. The standard InChI is InChI=1S/C21H26N2O4/c1-4-23-15(2)12-18(16(23)3)19(24)14-27-21(26)10-11-22-20(25)13-17-8-6-5-7-9-17/h5-9,12H,4,10-11,13-14H2,1-3H3,(H,22,25). The minimum Gasteiger partial charge on any atom is -0.457 e. The molecule has 2 rings (SSSR count). The van der Waals surface area contributed by atoms with Gasteiger partial charge in [0, 0.05) is 30.0 Å². The molecule has 27 heavy (non-hydrogen) atoms. The first kappa shape index (κ1) is 20.4. The summed E-state index contributed by atoms with van der Waals surface area (Å²) in [6.07, 6.45) is 0.295. The number of aryl methyl sites for hydroxylation is 1. The SMILES string of the molecule is CCn1c(C)cc(C(=O)COC(=O)CCNC(=O)Cc2ccccc2)c1C. The third kappa shape index (κ3) is 5.81. The maximum atomic E-state index is 12.3. The van der Waals surface area contributed by atoms with E-state index in [1.165, 1.54) is 0 Å². The van der Waals surface area contributed by atoms with Crippen LogP contribution in [0.25, 0.3) is 0 Å². The Hall–Kier alpha value is -2.89. The maximum Gasteiger partial charge on any atom is 0.308 e. The highest BCUT2D eigenvalue weighted by Gasteiger charge is 2.16. The predicted molar refractivity (Wildman–Crippen MR) is 103 cm³/mol. The number of carbonyl (C=O) groups excluding carboxylic acids is 3. The molecule has 6 nitrogen and oxygen atoms in total. The van der Waals surface area contributed by atoms with Crippen LogP contribution in [0.5, 0.6) is 0 Å². The van der Waals surface area contributed by atoms with Gasteiger partial charge in [0.15, 0.2) is 6.61 Å². The molecule has 0 radical (unpaired) electrons. The number of ketones is 1. The zero-order chi connectivity index (χ0) is 19.8. The van der Waals surface area contributed by atoms with Crippen molar-refractivity contribution >= 4 is 17.7 Å². The molecular weight excluding hydrogens is 344 g/mol. The summed E-state index contributed by atoms with van der Waals surface area (Å²) in [5.41, 5.74) is 3.38. The zero-order valence-electron chi connectivity index (χ0n) is 16.1. The van der Waals surface area contributed by atoms with Gasteiger partial charge in [-0.2, -0.15) is 0 Å². The number of Topliss-reactive ketones (excluding diaryl/α,β-unsaturated/α-hetero) is 1. The van der Waals surface area contributed by atoms with Crippen molar-refractivity contribution < 1.29 is 19.1 Å². The van der Waals surface area contributed by atoms with Gasteiger partial charge in [-0.3, -0.25) is 14.4 Å². The van der Waals surface area contributed by atoms with Crippen LogP contribution in [0.1, 0.15) is 40.7 Å². The van der Waals surface area contributed by atoms with Gasteiger partial charge in [-0.25, -0.2) is 0 Å². The van der Waals surface area contributed by atoms with Crippen molar-refractivity contribution in [2.75, 3.05) is 13.2 Å². The van der Waals surface area contributed by atoms with Crippen molar-refractivity contribution in [1.29, 1.82) is 0 Å². The van der Waals surface area contributed by atoms with Crippen LogP contribution < -0.4 is 5.32 Å². The lowest BCUT2D eigenvalue weighted by atomic mass is 10.1. The van der Waals surface area contributed by atoms with Crippen LogP contribution in [0.15, 0.2) is 36.4 Å². The topological polar surface area (TPSA) is 77.4 Å². The molecule has 1 heterocycles. The second-order valence-electron chi connectivity index (χ2n) is 6.38. The number of rotatable bonds is 9.